The number of carbonyl (C=O) groups is 2. The van der Waals surface area contributed by atoms with E-state index >= 15 is 0 Å². The van der Waals surface area contributed by atoms with Gasteiger partial charge in [-0.1, -0.05) is 12.2 Å². The van der Waals surface area contributed by atoms with Gasteiger partial charge in [-0.2, -0.15) is 0 Å². The van der Waals surface area contributed by atoms with Gasteiger partial charge in [0.15, 0.2) is 0 Å². The summed E-state index contributed by atoms with van der Waals surface area (Å²) in [6.07, 6.45) is 0. The van der Waals surface area contributed by atoms with Gasteiger partial charge in [0.1, 0.15) is 0 Å². The number of carbonyl (C=O) groups excluding carboxylic acids is 2. The first kappa shape index (κ1) is 13.6. The Morgan fingerprint density at radius 1 is 0.850 bits per heavy atom. The van der Waals surface area contributed by atoms with Gasteiger partial charge in [-0.05, 0) is 0 Å². The molecule has 0 radical (unpaired) electrons. The molecule has 2 heterocycles. The predicted molar refractivity (Wildman–Crippen MR) is 70.9 cm³/mol. The lowest BCUT2D eigenvalue weighted by atomic mass is 10.2. The van der Waals surface area contributed by atoms with Crippen LogP contribution in [0.5, 0.6) is 0 Å². The molecular weight excluding hydrogens is 260 g/mol. The second-order valence-electron chi connectivity index (χ2n) is 5.41. The molecule has 0 aromatic rings. The molecule has 0 aromatic carbocycles. The normalized spacial score (nSPS) is 30.3. The van der Waals surface area contributed by atoms with Gasteiger partial charge in [-0.25, -0.2) is 0 Å². The van der Waals surface area contributed by atoms with Crippen LogP contribution in [0.1, 0.15) is 0 Å². The van der Waals surface area contributed by atoms with Gasteiger partial charge in [0.2, 0.25) is 11.8 Å². The monoisotopic (exact) mass is 280 g/mol. The lowest BCUT2D eigenvalue weighted by molar-refractivity contribution is -0.142. The molecule has 1 aliphatic carbocycles. The Hall–Kier alpha value is -1.40. The summed E-state index contributed by atoms with van der Waals surface area (Å²) >= 11 is 0. The molecule has 2 amide bonds. The van der Waals surface area contributed by atoms with Gasteiger partial charge in [-0.15, -0.1) is 0 Å². The summed E-state index contributed by atoms with van der Waals surface area (Å²) in [6, 6.07) is 0. The lowest BCUT2D eigenvalue weighted by Gasteiger charge is -2.28. The van der Waals surface area contributed by atoms with Gasteiger partial charge >= 0.3 is 0 Å². The maximum atomic E-state index is 12.4. The minimum absolute atomic E-state index is 0.0323. The second-order valence-corrected chi connectivity index (χ2v) is 5.41. The lowest BCUT2D eigenvalue weighted by Crippen LogP contribution is -2.44. The fourth-order valence-corrected chi connectivity index (χ4v) is 2.88. The van der Waals surface area contributed by atoms with Crippen LogP contribution in [0.15, 0.2) is 12.2 Å². The van der Waals surface area contributed by atoms with Crippen molar-refractivity contribution in [3.05, 3.63) is 12.2 Å². The van der Waals surface area contributed by atoms with E-state index in [4.69, 9.17) is 9.47 Å². The zero-order chi connectivity index (χ0) is 14.1. The summed E-state index contributed by atoms with van der Waals surface area (Å²) in [5.41, 5.74) is 0.762. The van der Waals surface area contributed by atoms with Gasteiger partial charge in [0, 0.05) is 26.2 Å². The summed E-state index contributed by atoms with van der Waals surface area (Å²) < 4.78 is 10.5. The van der Waals surface area contributed by atoms with Gasteiger partial charge in [-0.3, -0.25) is 9.59 Å². The third kappa shape index (κ3) is 2.45. The zero-order valence-corrected chi connectivity index (χ0v) is 11.5. The van der Waals surface area contributed by atoms with E-state index in [-0.39, 0.29) is 23.7 Å². The van der Waals surface area contributed by atoms with Crippen molar-refractivity contribution in [1.82, 2.24) is 9.80 Å². The number of hydrogen-bond donors (Lipinski definition) is 0. The van der Waals surface area contributed by atoms with Crippen molar-refractivity contribution in [2.75, 3.05) is 52.6 Å². The van der Waals surface area contributed by atoms with Crippen molar-refractivity contribution in [1.29, 1.82) is 0 Å². The van der Waals surface area contributed by atoms with Crippen molar-refractivity contribution in [2.24, 2.45) is 11.8 Å². The van der Waals surface area contributed by atoms with E-state index in [0.29, 0.717) is 52.6 Å². The molecule has 1 saturated carbocycles. The Labute approximate surface area is 118 Å². The highest BCUT2D eigenvalue weighted by Crippen LogP contribution is 2.46. The van der Waals surface area contributed by atoms with Crippen molar-refractivity contribution in [3.8, 4) is 0 Å². The van der Waals surface area contributed by atoms with Crippen LogP contribution in [0, 0.1) is 11.8 Å². The average Bonchev–Trinajstić information content (AvgIpc) is 3.18. The Morgan fingerprint density at radius 2 is 1.20 bits per heavy atom. The maximum absolute atomic E-state index is 12.4. The van der Waals surface area contributed by atoms with E-state index in [1.165, 1.54) is 0 Å². The molecule has 20 heavy (non-hydrogen) atoms. The largest absolute Gasteiger partial charge is 0.378 e. The number of hydrogen-bond acceptors (Lipinski definition) is 4. The highest BCUT2D eigenvalue weighted by atomic mass is 16.5. The van der Waals surface area contributed by atoms with E-state index in [1.807, 2.05) is 0 Å². The summed E-state index contributed by atoms with van der Waals surface area (Å²) in [5, 5.41) is 0. The Morgan fingerprint density at radius 3 is 1.55 bits per heavy atom. The number of ether oxygens (including phenoxy) is 2. The number of rotatable bonds is 2. The number of amides is 2. The first-order valence-electron chi connectivity index (χ1n) is 7.12. The minimum atomic E-state index is -0.316. The molecule has 3 aliphatic rings. The SMILES string of the molecule is C=C1[C@H](C(=O)N2CCOCC2)[C@@H]1C(=O)N1CCOCC1. The molecule has 2 saturated heterocycles. The molecule has 2 atom stereocenters. The van der Waals surface area contributed by atoms with Crippen molar-refractivity contribution in [2.45, 2.75) is 0 Å². The van der Waals surface area contributed by atoms with E-state index in [1.54, 1.807) is 9.80 Å². The quantitative estimate of drug-likeness (QED) is 0.640. The number of nitrogens with zero attached hydrogens (tertiary/aromatic N) is 2. The Bertz CT molecular complexity index is 387. The zero-order valence-electron chi connectivity index (χ0n) is 11.5. The van der Waals surface area contributed by atoms with Gasteiger partial charge in [0.25, 0.3) is 0 Å². The Kier molecular flexibility index (Phi) is 3.76. The summed E-state index contributed by atoms with van der Waals surface area (Å²) in [4.78, 5) is 28.3. The molecule has 2 aliphatic heterocycles. The molecule has 110 valence electrons. The number of morpholine rings is 2. The molecule has 0 aromatic heterocycles. The van der Waals surface area contributed by atoms with Crippen LogP contribution in [-0.2, 0) is 19.1 Å². The smallest absolute Gasteiger partial charge is 0.231 e. The molecule has 3 fully saturated rings. The van der Waals surface area contributed by atoms with Crippen LogP contribution in [0.3, 0.4) is 0 Å². The van der Waals surface area contributed by atoms with Crippen LogP contribution in [0.25, 0.3) is 0 Å². The van der Waals surface area contributed by atoms with E-state index < -0.39 is 0 Å². The van der Waals surface area contributed by atoms with Crippen LogP contribution >= 0.6 is 0 Å². The predicted octanol–water partition coefficient (Wildman–Crippen LogP) is -0.494. The van der Waals surface area contributed by atoms with Crippen LogP contribution in [0.4, 0.5) is 0 Å². The minimum Gasteiger partial charge on any atom is -0.378 e. The third-order valence-electron chi connectivity index (χ3n) is 4.20. The van der Waals surface area contributed by atoms with Crippen LogP contribution in [-0.4, -0.2) is 74.2 Å². The second kappa shape index (κ2) is 5.54. The molecular formula is C14H20N2O4. The topological polar surface area (TPSA) is 59.1 Å². The van der Waals surface area contributed by atoms with Crippen molar-refractivity contribution >= 4 is 11.8 Å². The Balaban J connectivity index is 1.60. The third-order valence-corrected chi connectivity index (χ3v) is 4.20. The molecule has 0 unspecified atom stereocenters. The van der Waals surface area contributed by atoms with E-state index in [9.17, 15) is 9.59 Å². The molecule has 6 nitrogen and oxygen atoms in total. The van der Waals surface area contributed by atoms with Gasteiger partial charge in [0.05, 0.1) is 38.3 Å². The fourth-order valence-electron chi connectivity index (χ4n) is 2.88. The highest BCUT2D eigenvalue weighted by molar-refractivity contribution is 5.99. The summed E-state index contributed by atoms with van der Waals surface area (Å²) in [7, 11) is 0. The highest BCUT2D eigenvalue weighted by Gasteiger charge is 2.55. The van der Waals surface area contributed by atoms with Gasteiger partial charge < -0.3 is 19.3 Å². The standard InChI is InChI=1S/C14H20N2O4/c1-10-11(13(17)15-2-6-19-7-3-15)12(10)14(18)16-4-8-20-9-5-16/h11-12H,1-9H2/t11-,12+. The summed E-state index contributed by atoms with van der Waals surface area (Å²) in [5.74, 6) is -0.568. The van der Waals surface area contributed by atoms with Crippen molar-refractivity contribution < 1.29 is 19.1 Å². The maximum Gasteiger partial charge on any atom is 0.231 e. The van der Waals surface area contributed by atoms with Crippen molar-refractivity contribution in [3.63, 3.8) is 0 Å². The van der Waals surface area contributed by atoms with E-state index in [0.717, 1.165) is 5.57 Å². The molecule has 0 spiro atoms. The molecule has 0 bridgehead atoms. The van der Waals surface area contributed by atoms with Crippen LogP contribution in [0.2, 0.25) is 0 Å². The fraction of sp³-hybridized carbons (Fsp3) is 0.714. The first-order chi connectivity index (χ1) is 9.70. The average molecular weight is 280 g/mol. The van der Waals surface area contributed by atoms with E-state index in [2.05, 4.69) is 6.58 Å². The first-order valence-corrected chi connectivity index (χ1v) is 7.12. The molecule has 0 N–H and O–H groups in total. The van der Waals surface area contributed by atoms with Crippen LogP contribution < -0.4 is 0 Å². The summed E-state index contributed by atoms with van der Waals surface area (Å²) in [6.45, 7) is 8.66. The molecule has 3 rings (SSSR count). The molecule has 6 heteroatoms.